The number of rotatable bonds is 5. The number of amides is 1. The fourth-order valence-corrected chi connectivity index (χ4v) is 6.72. The lowest BCUT2D eigenvalue weighted by atomic mass is 9.87. The SMILES string of the molecule is CS(=O)(=O)c1c(C2C[C@H]3CC[C@@H](C2)N3C(=O)CO)nc2c(-c3ccc(C(O)C(F)(F)F)nc3)cnn2c1N. The minimum absolute atomic E-state index is 0.156. The van der Waals surface area contributed by atoms with Crippen LogP contribution in [0.5, 0.6) is 0 Å². The number of nitrogen functional groups attached to an aromatic ring is 1. The van der Waals surface area contributed by atoms with Gasteiger partial charge in [-0.3, -0.25) is 9.78 Å². The quantitative estimate of drug-likeness (QED) is 0.425. The number of hydrogen-bond acceptors (Lipinski definition) is 9. The maximum Gasteiger partial charge on any atom is 0.420 e. The van der Waals surface area contributed by atoms with Gasteiger partial charge >= 0.3 is 6.18 Å². The number of nitrogens with two attached hydrogens (primary N) is 1. The predicted octanol–water partition coefficient (Wildman–Crippen LogP) is 1.60. The van der Waals surface area contributed by atoms with E-state index in [1.54, 1.807) is 4.90 Å². The number of anilines is 1. The molecule has 2 fully saturated rings. The Labute approximate surface area is 215 Å². The lowest BCUT2D eigenvalue weighted by Crippen LogP contribution is -2.47. The number of halogens is 3. The normalized spacial score (nSPS) is 22.7. The summed E-state index contributed by atoms with van der Waals surface area (Å²) in [6.07, 6.45) is -1.78. The lowest BCUT2D eigenvalue weighted by molar-refractivity contribution is -0.207. The number of pyridine rings is 1. The number of piperidine rings is 1. The Bertz CT molecular complexity index is 1490. The van der Waals surface area contributed by atoms with Gasteiger partial charge in [0.2, 0.25) is 5.91 Å². The summed E-state index contributed by atoms with van der Waals surface area (Å²) in [5, 5.41) is 23.0. The number of hydrogen-bond donors (Lipinski definition) is 3. The van der Waals surface area contributed by atoms with E-state index in [0.717, 1.165) is 35.9 Å². The smallest absolute Gasteiger partial charge is 0.387 e. The Kier molecular flexibility index (Phi) is 6.35. The van der Waals surface area contributed by atoms with Gasteiger partial charge in [-0.05, 0) is 31.7 Å². The van der Waals surface area contributed by atoms with Crippen molar-refractivity contribution in [2.75, 3.05) is 18.6 Å². The molecule has 0 aromatic carbocycles. The molecule has 2 unspecified atom stereocenters. The Balaban J connectivity index is 1.59. The van der Waals surface area contributed by atoms with Gasteiger partial charge in [0.25, 0.3) is 0 Å². The number of alkyl halides is 3. The third kappa shape index (κ3) is 4.37. The van der Waals surface area contributed by atoms with Gasteiger partial charge in [-0.2, -0.15) is 22.8 Å². The number of nitrogens with zero attached hydrogens (tertiary/aromatic N) is 5. The number of carbonyl (C=O) groups excluding carboxylic acids is 1. The molecule has 5 rings (SSSR count). The number of fused-ring (bicyclic) bond motifs is 3. The molecule has 2 aliphatic heterocycles. The average molecular weight is 555 g/mol. The van der Waals surface area contributed by atoms with E-state index in [2.05, 4.69) is 15.1 Å². The van der Waals surface area contributed by atoms with E-state index in [4.69, 9.17) is 5.73 Å². The molecule has 4 atom stereocenters. The summed E-state index contributed by atoms with van der Waals surface area (Å²) < 4.78 is 65.4. The maximum atomic E-state index is 12.9. The highest BCUT2D eigenvalue weighted by molar-refractivity contribution is 7.91. The van der Waals surface area contributed by atoms with Crippen LogP contribution in [-0.2, 0) is 14.6 Å². The van der Waals surface area contributed by atoms with Crippen LogP contribution in [0.3, 0.4) is 0 Å². The van der Waals surface area contributed by atoms with Crippen molar-refractivity contribution in [1.29, 1.82) is 0 Å². The van der Waals surface area contributed by atoms with Crippen molar-refractivity contribution in [2.45, 2.75) is 60.9 Å². The number of aliphatic hydroxyl groups is 2. The highest BCUT2D eigenvalue weighted by atomic mass is 32.2. The van der Waals surface area contributed by atoms with Gasteiger partial charge < -0.3 is 20.8 Å². The molecule has 2 aliphatic rings. The van der Waals surface area contributed by atoms with Crippen molar-refractivity contribution in [1.82, 2.24) is 24.5 Å². The molecule has 0 radical (unpaired) electrons. The summed E-state index contributed by atoms with van der Waals surface area (Å²) in [6, 6.07) is 2.02. The largest absolute Gasteiger partial charge is 0.420 e. The number of aromatic nitrogens is 4. The molecule has 3 aromatic rings. The van der Waals surface area contributed by atoms with Crippen molar-refractivity contribution < 1.29 is 36.6 Å². The number of carbonyl (C=O) groups is 1. The van der Waals surface area contributed by atoms with Gasteiger partial charge in [-0.25, -0.2) is 13.4 Å². The average Bonchev–Trinajstić information content (AvgIpc) is 3.40. The zero-order valence-corrected chi connectivity index (χ0v) is 20.9. The summed E-state index contributed by atoms with van der Waals surface area (Å²) in [6.45, 7) is -0.602. The first-order valence-corrected chi connectivity index (χ1v) is 13.7. The van der Waals surface area contributed by atoms with E-state index in [9.17, 15) is 36.6 Å². The van der Waals surface area contributed by atoms with Gasteiger partial charge in [-0.1, -0.05) is 6.07 Å². The fourth-order valence-electron chi connectivity index (χ4n) is 5.66. The summed E-state index contributed by atoms with van der Waals surface area (Å²) in [5.41, 5.74) is 6.86. The molecule has 0 spiro atoms. The molecular formula is C23H25F3N6O5S. The second-order valence-electron chi connectivity index (χ2n) is 9.71. The minimum Gasteiger partial charge on any atom is -0.387 e. The Hall–Kier alpha value is -3.30. The van der Waals surface area contributed by atoms with Crippen LogP contribution < -0.4 is 5.73 Å². The summed E-state index contributed by atoms with van der Waals surface area (Å²) in [7, 11) is -3.85. The van der Waals surface area contributed by atoms with E-state index < -0.39 is 34.4 Å². The molecule has 2 saturated heterocycles. The molecule has 0 aliphatic carbocycles. The van der Waals surface area contributed by atoms with Crippen molar-refractivity contribution in [3.05, 3.63) is 35.9 Å². The maximum absolute atomic E-state index is 12.9. The summed E-state index contributed by atoms with van der Waals surface area (Å²) in [4.78, 5) is 22.2. The zero-order valence-electron chi connectivity index (χ0n) is 20.1. The molecular weight excluding hydrogens is 529 g/mol. The number of aliphatic hydroxyl groups excluding tert-OH is 2. The van der Waals surface area contributed by atoms with Crippen molar-refractivity contribution in [3.63, 3.8) is 0 Å². The molecule has 15 heteroatoms. The molecule has 4 N–H and O–H groups in total. The van der Waals surface area contributed by atoms with Crippen LogP contribution in [-0.4, -0.2) is 80.1 Å². The first-order valence-electron chi connectivity index (χ1n) is 11.8. The van der Waals surface area contributed by atoms with Gasteiger partial charge in [0.05, 0.1) is 17.6 Å². The van der Waals surface area contributed by atoms with Gasteiger partial charge in [0.15, 0.2) is 21.6 Å². The topological polar surface area (TPSA) is 164 Å². The molecule has 5 heterocycles. The predicted molar refractivity (Wildman–Crippen MR) is 127 cm³/mol. The minimum atomic E-state index is -4.87. The second kappa shape index (κ2) is 9.17. The second-order valence-corrected chi connectivity index (χ2v) is 11.7. The lowest BCUT2D eigenvalue weighted by Gasteiger charge is -2.39. The fraction of sp³-hybridized carbons (Fsp3) is 0.478. The van der Waals surface area contributed by atoms with E-state index in [1.165, 1.54) is 12.3 Å². The Morgan fingerprint density at radius 3 is 2.39 bits per heavy atom. The van der Waals surface area contributed by atoms with Crippen LogP contribution in [0.25, 0.3) is 16.8 Å². The van der Waals surface area contributed by atoms with E-state index in [0.29, 0.717) is 24.0 Å². The molecule has 3 aromatic heterocycles. The van der Waals surface area contributed by atoms with Crippen molar-refractivity contribution in [2.24, 2.45) is 0 Å². The van der Waals surface area contributed by atoms with E-state index >= 15 is 0 Å². The van der Waals surface area contributed by atoms with Gasteiger partial charge in [0.1, 0.15) is 17.3 Å². The van der Waals surface area contributed by atoms with Crippen LogP contribution >= 0.6 is 0 Å². The van der Waals surface area contributed by atoms with Crippen LogP contribution in [0.1, 0.15) is 49.1 Å². The first-order chi connectivity index (χ1) is 17.8. The number of sulfone groups is 1. The van der Waals surface area contributed by atoms with Crippen LogP contribution in [0.15, 0.2) is 29.4 Å². The molecule has 204 valence electrons. The van der Waals surface area contributed by atoms with E-state index in [1.807, 2.05) is 0 Å². The standard InChI is InChI=1S/C23H25F3N6O5S/c1-38(36,37)19-18(12-6-13-3-4-14(7-12)31(13)17(34)10-33)30-22-15(9-29-32(22)21(19)27)11-2-5-16(28-8-11)20(35)23(24,25)26/h2,5,8-9,12-14,20,33,35H,3-4,6-7,10,27H2,1H3/t12?,13-,14+,20?. The Morgan fingerprint density at radius 1 is 1.21 bits per heavy atom. The first kappa shape index (κ1) is 26.3. The molecule has 11 nitrogen and oxygen atoms in total. The molecule has 38 heavy (non-hydrogen) atoms. The van der Waals surface area contributed by atoms with Crippen LogP contribution in [0.2, 0.25) is 0 Å². The van der Waals surface area contributed by atoms with Crippen LogP contribution in [0.4, 0.5) is 19.0 Å². The van der Waals surface area contributed by atoms with E-state index in [-0.39, 0.29) is 46.0 Å². The zero-order chi connectivity index (χ0) is 27.6. The van der Waals surface area contributed by atoms with Crippen molar-refractivity contribution >= 4 is 27.2 Å². The highest BCUT2D eigenvalue weighted by Gasteiger charge is 2.45. The monoisotopic (exact) mass is 554 g/mol. The third-order valence-electron chi connectivity index (χ3n) is 7.27. The highest BCUT2D eigenvalue weighted by Crippen LogP contribution is 2.45. The van der Waals surface area contributed by atoms with Crippen LogP contribution in [0, 0.1) is 0 Å². The van der Waals surface area contributed by atoms with Gasteiger partial charge in [0, 0.05) is 41.6 Å². The van der Waals surface area contributed by atoms with Crippen molar-refractivity contribution in [3.8, 4) is 11.1 Å². The molecule has 0 saturated carbocycles. The summed E-state index contributed by atoms with van der Waals surface area (Å²) in [5.74, 6) is -0.874. The summed E-state index contributed by atoms with van der Waals surface area (Å²) >= 11 is 0. The molecule has 2 bridgehead atoms. The third-order valence-corrected chi connectivity index (χ3v) is 8.42. The molecule has 1 amide bonds. The van der Waals surface area contributed by atoms with Gasteiger partial charge in [-0.15, -0.1) is 0 Å². The Morgan fingerprint density at radius 2 is 1.87 bits per heavy atom.